The summed E-state index contributed by atoms with van der Waals surface area (Å²) in [7, 11) is 2.03. The predicted molar refractivity (Wildman–Crippen MR) is 113 cm³/mol. The normalized spacial score (nSPS) is 12.0. The summed E-state index contributed by atoms with van der Waals surface area (Å²) in [5, 5.41) is 31.7. The van der Waals surface area contributed by atoms with Gasteiger partial charge < -0.3 is 25.1 Å². The third-order valence-electron chi connectivity index (χ3n) is 4.72. The lowest BCUT2D eigenvalue weighted by molar-refractivity contribution is 0.0693. The maximum atomic E-state index is 11.0. The van der Waals surface area contributed by atoms with Gasteiger partial charge in [-0.3, -0.25) is 0 Å². The molecule has 0 heterocycles. The van der Waals surface area contributed by atoms with E-state index in [1.54, 1.807) is 0 Å². The Morgan fingerprint density at radius 3 is 2.38 bits per heavy atom. The van der Waals surface area contributed by atoms with Crippen molar-refractivity contribution < 1.29 is 25.0 Å². The van der Waals surface area contributed by atoms with Gasteiger partial charge in [-0.15, -0.1) is 0 Å². The lowest BCUT2D eigenvalue weighted by Crippen LogP contribution is -2.23. The molecule has 0 aromatic heterocycles. The minimum absolute atomic E-state index is 0.0467. The summed E-state index contributed by atoms with van der Waals surface area (Å²) in [6.45, 7) is 9.27. The first-order valence-electron chi connectivity index (χ1n) is 9.34. The Kier molecular flexibility index (Phi) is 6.74. The summed E-state index contributed by atoms with van der Waals surface area (Å²) < 4.78 is 5.60. The van der Waals surface area contributed by atoms with Crippen molar-refractivity contribution in [1.82, 2.24) is 0 Å². The summed E-state index contributed by atoms with van der Waals surface area (Å²) in [4.78, 5) is 13.1. The molecule has 0 fully saturated rings. The highest BCUT2D eigenvalue weighted by Gasteiger charge is 2.21. The van der Waals surface area contributed by atoms with Crippen LogP contribution in [0.1, 0.15) is 49.2 Å². The number of hydrogen-bond donors (Lipinski definition) is 3. The van der Waals surface area contributed by atoms with E-state index in [1.165, 1.54) is 18.2 Å². The summed E-state index contributed by atoms with van der Waals surface area (Å²) in [5.74, 6) is -1.34. The number of aromatic hydroxyl groups is 1. The number of aromatic carboxylic acids is 1. The van der Waals surface area contributed by atoms with Crippen LogP contribution in [0.25, 0.3) is 0 Å². The van der Waals surface area contributed by atoms with Crippen LogP contribution >= 0.6 is 0 Å². The van der Waals surface area contributed by atoms with Gasteiger partial charge in [0.1, 0.15) is 29.4 Å². The van der Waals surface area contributed by atoms with Crippen LogP contribution < -0.4 is 9.64 Å². The molecule has 0 amide bonds. The molecule has 0 aliphatic heterocycles. The molecule has 156 valence electrons. The molecule has 0 unspecified atom stereocenters. The topological polar surface area (TPSA) is 103 Å². The molecule has 7 heteroatoms. The van der Waals surface area contributed by atoms with Crippen molar-refractivity contribution in [2.45, 2.75) is 33.1 Å². The fourth-order valence-corrected chi connectivity index (χ4v) is 2.92. The Hall–Kier alpha value is -3.22. The number of carbonyl (C=O) groups is 1. The Balaban J connectivity index is 2.28. The molecular formula is C22H28N2O5. The van der Waals surface area contributed by atoms with Gasteiger partial charge >= 0.3 is 5.97 Å². The first kappa shape index (κ1) is 22.1. The van der Waals surface area contributed by atoms with Gasteiger partial charge in [0.15, 0.2) is 0 Å². The predicted octanol–water partition coefficient (Wildman–Crippen LogP) is 4.10. The largest absolute Gasteiger partial charge is 0.507 e. The highest BCUT2D eigenvalue weighted by molar-refractivity contribution is 6.02. The van der Waals surface area contributed by atoms with Crippen molar-refractivity contribution >= 4 is 17.4 Å². The zero-order valence-corrected chi connectivity index (χ0v) is 17.4. The summed E-state index contributed by atoms with van der Waals surface area (Å²) in [5.41, 5.74) is 2.94. The fourth-order valence-electron chi connectivity index (χ4n) is 2.92. The van der Waals surface area contributed by atoms with Gasteiger partial charge in [0.25, 0.3) is 0 Å². The lowest BCUT2D eigenvalue weighted by atomic mass is 9.84. The molecule has 0 bridgehead atoms. The maximum Gasteiger partial charge on any atom is 0.339 e. The molecule has 2 aromatic rings. The Labute approximate surface area is 170 Å². The number of oxime groups is 1. The van der Waals surface area contributed by atoms with Crippen LogP contribution in [0.4, 0.5) is 5.69 Å². The summed E-state index contributed by atoms with van der Waals surface area (Å²) >= 11 is 0. The highest BCUT2D eigenvalue weighted by atomic mass is 16.5. The molecule has 3 N–H and O–H groups in total. The van der Waals surface area contributed by atoms with Crippen LogP contribution in [-0.2, 0) is 5.41 Å². The van der Waals surface area contributed by atoms with Gasteiger partial charge in [0, 0.05) is 30.9 Å². The number of benzene rings is 2. The molecule has 0 saturated carbocycles. The van der Waals surface area contributed by atoms with Crippen molar-refractivity contribution in [3.8, 4) is 11.5 Å². The second-order valence-corrected chi connectivity index (χ2v) is 7.82. The standard InChI is InChI=1S/C22H28N2O5/c1-6-24(5)19-10-7-14(11-17(19)22(2,3)4)18(23-28)13-29-15-8-9-16(21(26)27)20(25)12-15/h7-12,25,28H,6,13H2,1-5H3,(H,26,27)/b23-18+. The number of ether oxygens (including phenoxy) is 1. The van der Waals surface area contributed by atoms with E-state index in [0.29, 0.717) is 5.71 Å². The lowest BCUT2D eigenvalue weighted by Gasteiger charge is -2.29. The fraction of sp³-hybridized carbons (Fsp3) is 0.364. The zero-order chi connectivity index (χ0) is 21.8. The van der Waals surface area contributed by atoms with E-state index in [9.17, 15) is 15.1 Å². The van der Waals surface area contributed by atoms with Gasteiger partial charge in [0.05, 0.1) is 0 Å². The Morgan fingerprint density at radius 1 is 1.17 bits per heavy atom. The minimum atomic E-state index is -1.22. The third kappa shape index (κ3) is 5.19. The first-order chi connectivity index (χ1) is 13.6. The van der Waals surface area contributed by atoms with Crippen LogP contribution in [0.2, 0.25) is 0 Å². The van der Waals surface area contributed by atoms with Crippen molar-refractivity contribution in [3.63, 3.8) is 0 Å². The second kappa shape index (κ2) is 8.86. The molecule has 2 rings (SSSR count). The molecule has 0 aliphatic carbocycles. The van der Waals surface area contributed by atoms with Gasteiger partial charge in [0.2, 0.25) is 0 Å². The number of carboxylic acid groups (broad SMARTS) is 1. The molecule has 29 heavy (non-hydrogen) atoms. The van der Waals surface area contributed by atoms with E-state index in [-0.39, 0.29) is 29.1 Å². The summed E-state index contributed by atoms with van der Waals surface area (Å²) in [6.07, 6.45) is 0. The molecule has 0 aliphatic rings. The van der Waals surface area contributed by atoms with Crippen molar-refractivity contribution in [2.24, 2.45) is 5.16 Å². The number of carboxylic acids is 1. The van der Waals surface area contributed by atoms with E-state index < -0.39 is 5.97 Å². The monoisotopic (exact) mass is 400 g/mol. The van der Waals surface area contributed by atoms with Gasteiger partial charge in [-0.05, 0) is 42.2 Å². The molecule has 0 atom stereocenters. The van der Waals surface area contributed by atoms with Crippen molar-refractivity contribution in [3.05, 3.63) is 53.1 Å². The van der Waals surface area contributed by atoms with Crippen LogP contribution in [0.15, 0.2) is 41.6 Å². The molecular weight excluding hydrogens is 372 g/mol. The smallest absolute Gasteiger partial charge is 0.339 e. The van der Waals surface area contributed by atoms with E-state index in [4.69, 9.17) is 9.84 Å². The van der Waals surface area contributed by atoms with Crippen molar-refractivity contribution in [2.75, 3.05) is 25.1 Å². The number of phenols is 1. The van der Waals surface area contributed by atoms with E-state index in [0.717, 1.165) is 23.4 Å². The van der Waals surface area contributed by atoms with E-state index in [2.05, 4.69) is 37.8 Å². The molecule has 0 saturated heterocycles. The minimum Gasteiger partial charge on any atom is -0.507 e. The van der Waals surface area contributed by atoms with E-state index >= 15 is 0 Å². The number of anilines is 1. The molecule has 2 aromatic carbocycles. The summed E-state index contributed by atoms with van der Waals surface area (Å²) in [6, 6.07) is 9.79. The average molecular weight is 400 g/mol. The average Bonchev–Trinajstić information content (AvgIpc) is 2.66. The van der Waals surface area contributed by atoms with Crippen LogP contribution in [-0.4, -0.2) is 47.3 Å². The van der Waals surface area contributed by atoms with Crippen LogP contribution in [0, 0.1) is 0 Å². The zero-order valence-electron chi connectivity index (χ0n) is 17.4. The Bertz CT molecular complexity index is 916. The van der Waals surface area contributed by atoms with Crippen LogP contribution in [0.3, 0.4) is 0 Å². The van der Waals surface area contributed by atoms with Crippen LogP contribution in [0.5, 0.6) is 11.5 Å². The third-order valence-corrected chi connectivity index (χ3v) is 4.72. The first-order valence-corrected chi connectivity index (χ1v) is 9.34. The number of hydrogen-bond acceptors (Lipinski definition) is 6. The molecule has 0 spiro atoms. The van der Waals surface area contributed by atoms with Gasteiger partial charge in [-0.25, -0.2) is 4.79 Å². The number of rotatable bonds is 7. The maximum absolute atomic E-state index is 11.0. The quantitative estimate of drug-likeness (QED) is 0.367. The second-order valence-electron chi connectivity index (χ2n) is 7.82. The SMILES string of the molecule is CCN(C)c1ccc(/C(COc2ccc(C(=O)O)c(O)c2)=N/O)cc1C(C)(C)C. The van der Waals surface area contributed by atoms with Gasteiger partial charge in [-0.2, -0.15) is 0 Å². The number of nitrogens with zero attached hydrogens (tertiary/aromatic N) is 2. The van der Waals surface area contributed by atoms with Crippen molar-refractivity contribution in [1.29, 1.82) is 0 Å². The van der Waals surface area contributed by atoms with E-state index in [1.807, 2.05) is 25.2 Å². The van der Waals surface area contributed by atoms with Gasteiger partial charge in [-0.1, -0.05) is 32.0 Å². The Morgan fingerprint density at radius 2 is 1.86 bits per heavy atom. The highest BCUT2D eigenvalue weighted by Crippen LogP contribution is 2.33. The molecule has 7 nitrogen and oxygen atoms in total. The molecule has 0 radical (unpaired) electrons.